The molecule has 1 rings (SSSR count). The predicted octanol–water partition coefficient (Wildman–Crippen LogP) is 2.93. The van der Waals surface area contributed by atoms with E-state index in [1.165, 1.54) is 12.1 Å². The minimum Gasteiger partial charge on any atom is -0.478 e. The number of hydrogen-bond acceptors (Lipinski definition) is 3. The highest BCUT2D eigenvalue weighted by Gasteiger charge is 2.09. The van der Waals surface area contributed by atoms with Crippen LogP contribution in [0.2, 0.25) is 0 Å². The van der Waals surface area contributed by atoms with Crippen molar-refractivity contribution < 1.29 is 19.4 Å². The number of benzene rings is 1. The van der Waals surface area contributed by atoms with Crippen LogP contribution in [0.1, 0.15) is 25.0 Å². The van der Waals surface area contributed by atoms with E-state index in [2.05, 4.69) is 0 Å². The molecule has 0 saturated heterocycles. The van der Waals surface area contributed by atoms with Crippen LogP contribution in [-0.2, 0) is 10.5 Å². The Balaban J connectivity index is 2.76. The van der Waals surface area contributed by atoms with E-state index in [1.807, 2.05) is 6.92 Å². The maximum absolute atomic E-state index is 13.5. The summed E-state index contributed by atoms with van der Waals surface area (Å²) in [5.41, 5.74) is 1.15. The van der Waals surface area contributed by atoms with Gasteiger partial charge in [0.2, 0.25) is 0 Å². The lowest BCUT2D eigenvalue weighted by Crippen LogP contribution is -2.15. The normalized spacial score (nSPS) is 14.5. The van der Waals surface area contributed by atoms with Gasteiger partial charge in [-0.25, -0.2) is 9.18 Å². The molecule has 0 aromatic heterocycles. The van der Waals surface area contributed by atoms with Crippen LogP contribution in [0.25, 0.3) is 6.08 Å². The van der Waals surface area contributed by atoms with Crippen LogP contribution >= 0.6 is 11.8 Å². The molecule has 0 radical (unpaired) electrons. The Morgan fingerprint density at radius 3 is 2.74 bits per heavy atom. The van der Waals surface area contributed by atoms with E-state index in [9.17, 15) is 14.3 Å². The molecule has 0 bridgehead atoms. The summed E-state index contributed by atoms with van der Waals surface area (Å²) >= 11 is 1.56. The largest absolute Gasteiger partial charge is 0.478 e. The number of carbonyl (C=O) groups is 1. The first-order valence-corrected chi connectivity index (χ1v) is 6.94. The van der Waals surface area contributed by atoms with Crippen molar-refractivity contribution in [2.45, 2.75) is 31.0 Å². The monoisotopic (exact) mass is 284 g/mol. The Morgan fingerprint density at radius 1 is 1.47 bits per heavy atom. The third-order valence-corrected chi connectivity index (χ3v) is 4.08. The van der Waals surface area contributed by atoms with Gasteiger partial charge in [0.1, 0.15) is 5.82 Å². The molecule has 19 heavy (non-hydrogen) atoms. The highest BCUT2D eigenvalue weighted by atomic mass is 32.2. The Labute approximate surface area is 116 Å². The summed E-state index contributed by atoms with van der Waals surface area (Å²) < 4.78 is 13.5. The minimum absolute atomic E-state index is 0.0862. The van der Waals surface area contributed by atoms with Gasteiger partial charge in [0, 0.05) is 22.6 Å². The molecule has 5 heteroatoms. The van der Waals surface area contributed by atoms with Gasteiger partial charge in [0.05, 0.1) is 6.10 Å². The molecule has 0 fully saturated rings. The molecule has 1 aromatic rings. The zero-order chi connectivity index (χ0) is 14.4. The van der Waals surface area contributed by atoms with Gasteiger partial charge in [-0.3, -0.25) is 0 Å². The zero-order valence-corrected chi connectivity index (χ0v) is 11.7. The van der Waals surface area contributed by atoms with Gasteiger partial charge in [-0.1, -0.05) is 13.0 Å². The number of aliphatic hydroxyl groups is 1. The number of aliphatic carboxylic acids is 1. The second-order valence-corrected chi connectivity index (χ2v) is 5.65. The van der Waals surface area contributed by atoms with Crippen molar-refractivity contribution in [3.05, 3.63) is 41.2 Å². The first-order valence-electron chi connectivity index (χ1n) is 5.89. The van der Waals surface area contributed by atoms with E-state index in [4.69, 9.17) is 5.11 Å². The number of halogens is 1. The van der Waals surface area contributed by atoms with Gasteiger partial charge < -0.3 is 10.2 Å². The summed E-state index contributed by atoms with van der Waals surface area (Å²) in [5.74, 6) is -0.919. The van der Waals surface area contributed by atoms with Gasteiger partial charge in [-0.15, -0.1) is 0 Å². The fourth-order valence-corrected chi connectivity index (χ4v) is 2.25. The fourth-order valence-electron chi connectivity index (χ4n) is 1.34. The quantitative estimate of drug-likeness (QED) is 0.789. The number of thioether (sulfide) groups is 1. The second-order valence-electron chi connectivity index (χ2n) is 4.28. The highest BCUT2D eigenvalue weighted by Crippen LogP contribution is 2.22. The number of aliphatic hydroxyl groups excluding tert-OH is 1. The molecule has 104 valence electrons. The first kappa shape index (κ1) is 15.7. The van der Waals surface area contributed by atoms with Gasteiger partial charge >= 0.3 is 5.97 Å². The average Bonchev–Trinajstić information content (AvgIpc) is 2.35. The number of hydrogen-bond donors (Lipinski definition) is 2. The maximum Gasteiger partial charge on any atom is 0.328 e. The molecule has 2 unspecified atom stereocenters. The van der Waals surface area contributed by atoms with Crippen molar-refractivity contribution in [2.75, 3.05) is 0 Å². The first-order chi connectivity index (χ1) is 8.90. The molecule has 0 aliphatic carbocycles. The van der Waals surface area contributed by atoms with Gasteiger partial charge in [0.15, 0.2) is 0 Å². The van der Waals surface area contributed by atoms with E-state index in [1.54, 1.807) is 30.8 Å². The summed E-state index contributed by atoms with van der Waals surface area (Å²) in [4.78, 5) is 10.4. The molecule has 2 atom stereocenters. The van der Waals surface area contributed by atoms with Crippen LogP contribution in [0.3, 0.4) is 0 Å². The van der Waals surface area contributed by atoms with Crippen molar-refractivity contribution in [1.29, 1.82) is 0 Å². The van der Waals surface area contributed by atoms with Crippen LogP contribution in [-0.4, -0.2) is 27.5 Å². The summed E-state index contributed by atoms with van der Waals surface area (Å²) in [6.45, 7) is 3.65. The van der Waals surface area contributed by atoms with E-state index in [0.29, 0.717) is 5.75 Å². The van der Waals surface area contributed by atoms with Crippen LogP contribution in [0, 0.1) is 5.82 Å². The summed E-state index contributed by atoms with van der Waals surface area (Å²) in [7, 11) is 0. The third-order valence-electron chi connectivity index (χ3n) is 2.66. The van der Waals surface area contributed by atoms with Crippen LogP contribution in [0.4, 0.5) is 4.39 Å². The molecule has 0 amide bonds. The molecule has 0 aliphatic heterocycles. The smallest absolute Gasteiger partial charge is 0.328 e. The lowest BCUT2D eigenvalue weighted by Gasteiger charge is -2.14. The standard InChI is InChI=1S/C14H17FO3S/c1-9(16)10(2)19-8-11-3-5-13(15)12(7-11)4-6-14(17)18/h3-7,9-10,16H,8H2,1-2H3,(H,17,18)/b6-4+. The van der Waals surface area contributed by atoms with Gasteiger partial charge in [0.25, 0.3) is 0 Å². The van der Waals surface area contributed by atoms with Crippen LogP contribution in [0.15, 0.2) is 24.3 Å². The Bertz CT molecular complexity index is 472. The Kier molecular flexibility index (Phi) is 6.05. The number of carboxylic acids is 1. The van der Waals surface area contributed by atoms with E-state index >= 15 is 0 Å². The lowest BCUT2D eigenvalue weighted by molar-refractivity contribution is -0.131. The van der Waals surface area contributed by atoms with E-state index < -0.39 is 17.9 Å². The SMILES string of the molecule is CC(O)C(C)SCc1ccc(F)c(/C=C/C(=O)O)c1. The van der Waals surface area contributed by atoms with Crippen molar-refractivity contribution in [2.24, 2.45) is 0 Å². The summed E-state index contributed by atoms with van der Waals surface area (Å²) in [6, 6.07) is 4.61. The molecular formula is C14H17FO3S. The molecule has 3 nitrogen and oxygen atoms in total. The molecule has 1 aromatic carbocycles. The van der Waals surface area contributed by atoms with Crippen molar-refractivity contribution >= 4 is 23.8 Å². The van der Waals surface area contributed by atoms with Crippen molar-refractivity contribution in [3.63, 3.8) is 0 Å². The maximum atomic E-state index is 13.5. The Morgan fingerprint density at radius 2 is 2.16 bits per heavy atom. The number of rotatable bonds is 6. The second kappa shape index (κ2) is 7.31. The zero-order valence-electron chi connectivity index (χ0n) is 10.8. The molecule has 0 aliphatic rings. The lowest BCUT2D eigenvalue weighted by atomic mass is 10.1. The molecule has 0 saturated carbocycles. The fraction of sp³-hybridized carbons (Fsp3) is 0.357. The highest BCUT2D eigenvalue weighted by molar-refractivity contribution is 7.99. The van der Waals surface area contributed by atoms with Gasteiger partial charge in [-0.05, 0) is 30.7 Å². The van der Waals surface area contributed by atoms with Crippen LogP contribution < -0.4 is 0 Å². The molecule has 2 N–H and O–H groups in total. The van der Waals surface area contributed by atoms with Crippen molar-refractivity contribution in [1.82, 2.24) is 0 Å². The third kappa shape index (κ3) is 5.44. The number of carboxylic acid groups (broad SMARTS) is 1. The van der Waals surface area contributed by atoms with E-state index in [-0.39, 0.29) is 10.8 Å². The van der Waals surface area contributed by atoms with Crippen LogP contribution in [0.5, 0.6) is 0 Å². The minimum atomic E-state index is -1.11. The predicted molar refractivity (Wildman–Crippen MR) is 75.5 cm³/mol. The topological polar surface area (TPSA) is 57.5 Å². The molecular weight excluding hydrogens is 267 g/mol. The molecule has 0 heterocycles. The van der Waals surface area contributed by atoms with Gasteiger partial charge in [-0.2, -0.15) is 11.8 Å². The molecule has 0 spiro atoms. The van der Waals surface area contributed by atoms with Crippen molar-refractivity contribution in [3.8, 4) is 0 Å². The summed E-state index contributed by atoms with van der Waals surface area (Å²) in [6.07, 6.45) is 1.74. The average molecular weight is 284 g/mol. The Hall–Kier alpha value is -1.33. The van der Waals surface area contributed by atoms with E-state index in [0.717, 1.165) is 11.6 Å². The summed E-state index contributed by atoms with van der Waals surface area (Å²) in [5, 5.41) is 18.0.